The second kappa shape index (κ2) is 15.4. The molecule has 0 radical (unpaired) electrons. The number of rotatable bonds is 14. The number of anilines is 2. The summed E-state index contributed by atoms with van der Waals surface area (Å²) in [7, 11) is -5.53. The number of thiol groups is 2. The van der Waals surface area contributed by atoms with Crippen LogP contribution in [0.2, 0.25) is 0 Å². The van der Waals surface area contributed by atoms with Crippen LogP contribution in [-0.2, 0) is 27.7 Å². The number of imidazole rings is 2. The summed E-state index contributed by atoms with van der Waals surface area (Å²) >= 11 is 7.53. The Labute approximate surface area is 282 Å². The Morgan fingerprint density at radius 2 is 1.31 bits per heavy atom. The maximum Gasteiger partial charge on any atom is 0.243 e. The van der Waals surface area contributed by atoms with E-state index in [1.807, 2.05) is 12.2 Å². The first-order valence-electron chi connectivity index (χ1n) is 14.3. The Bertz CT molecular complexity index is 1820. The van der Waals surface area contributed by atoms with Gasteiger partial charge >= 0.3 is 0 Å². The number of nitrogens with zero attached hydrogens (tertiary/aromatic N) is 8. The lowest BCUT2D eigenvalue weighted by Gasteiger charge is -2.20. The zero-order valence-electron chi connectivity index (χ0n) is 24.6. The van der Waals surface area contributed by atoms with Gasteiger partial charge in [-0.15, -0.1) is 0 Å². The number of halogens is 1. The number of alkyl halides is 1. The normalized spacial score (nSPS) is 28.9. The maximum atomic E-state index is 15.2. The monoisotopic (exact) mass is 748 g/mol. The molecule has 4 aromatic heterocycles. The summed E-state index contributed by atoms with van der Waals surface area (Å²) in [5.74, 6) is 0.794. The van der Waals surface area contributed by atoms with Crippen LogP contribution in [0.5, 0.6) is 0 Å². The molecule has 4 aromatic rings. The summed E-state index contributed by atoms with van der Waals surface area (Å²) in [5, 5.41) is 36.0. The van der Waals surface area contributed by atoms with Crippen molar-refractivity contribution in [2.75, 3.05) is 36.9 Å². The van der Waals surface area contributed by atoms with Crippen molar-refractivity contribution in [1.29, 1.82) is 0 Å². The fourth-order valence-electron chi connectivity index (χ4n) is 5.47. The average Bonchev–Trinajstić information content (AvgIpc) is 3.83. The molecule has 2 saturated heterocycles. The highest BCUT2D eigenvalue weighted by Crippen LogP contribution is 2.42. The molecular formula is C24H31FN10O9P2S2. The van der Waals surface area contributed by atoms with Crippen LogP contribution in [0.25, 0.3) is 22.3 Å². The van der Waals surface area contributed by atoms with E-state index < -0.39 is 76.8 Å². The van der Waals surface area contributed by atoms with Crippen molar-refractivity contribution in [3.05, 3.63) is 37.5 Å². The molecule has 0 amide bonds. The molecule has 10 atom stereocenters. The zero-order chi connectivity index (χ0) is 33.9. The van der Waals surface area contributed by atoms with E-state index in [1.165, 1.54) is 34.4 Å². The van der Waals surface area contributed by atoms with Crippen molar-refractivity contribution in [3.8, 4) is 0 Å². The molecule has 0 saturated carbocycles. The fourth-order valence-corrected chi connectivity index (χ4v) is 7.21. The second-order valence-electron chi connectivity index (χ2n) is 10.5. The SMILES string of the molecule is O=[PH](S)OC1[C@H](n2cnc3c(NC/C=C/CNc4ncnc5c4ncn5C4O[C@H](CO)[C@@H](O[PH](=O)S)[C@H]4F)ncnc32)O[C@H](CO)[C@H]1O. The van der Waals surface area contributed by atoms with E-state index in [2.05, 4.69) is 65.0 Å². The molecule has 6 rings (SSSR count). The van der Waals surface area contributed by atoms with E-state index in [-0.39, 0.29) is 5.65 Å². The quantitative estimate of drug-likeness (QED) is 0.0539. The van der Waals surface area contributed by atoms with Gasteiger partial charge in [0.1, 0.15) is 43.2 Å². The third kappa shape index (κ3) is 7.10. The summed E-state index contributed by atoms with van der Waals surface area (Å²) in [6.45, 7) is -0.347. The summed E-state index contributed by atoms with van der Waals surface area (Å²) in [5.41, 5.74) is 1.38. The summed E-state index contributed by atoms with van der Waals surface area (Å²) in [6, 6.07) is 0. The van der Waals surface area contributed by atoms with E-state index in [0.717, 1.165) is 0 Å². The number of nitrogens with one attached hydrogen (secondary N) is 2. The highest BCUT2D eigenvalue weighted by Gasteiger charge is 2.48. The van der Waals surface area contributed by atoms with Gasteiger partial charge in [0, 0.05) is 13.1 Å². The van der Waals surface area contributed by atoms with E-state index in [0.29, 0.717) is 41.4 Å². The predicted molar refractivity (Wildman–Crippen MR) is 175 cm³/mol. The molecule has 24 heteroatoms. The van der Waals surface area contributed by atoms with Gasteiger partial charge in [0.15, 0.2) is 52.6 Å². The van der Waals surface area contributed by atoms with Crippen LogP contribution in [-0.4, -0.2) is 117 Å². The number of hydrogen-bond acceptors (Lipinski definition) is 17. The van der Waals surface area contributed by atoms with Gasteiger partial charge in [0.2, 0.25) is 14.5 Å². The van der Waals surface area contributed by atoms with Gasteiger partial charge in [0.25, 0.3) is 0 Å². The number of hydrogen-bond donors (Lipinski definition) is 7. The second-order valence-corrected chi connectivity index (χ2v) is 14.2. The van der Waals surface area contributed by atoms with Crippen molar-refractivity contribution in [3.63, 3.8) is 0 Å². The molecule has 260 valence electrons. The topological polar surface area (TPSA) is 243 Å². The summed E-state index contributed by atoms with van der Waals surface area (Å²) < 4.78 is 63.1. The van der Waals surface area contributed by atoms with Gasteiger partial charge in [-0.05, 0) is 0 Å². The minimum absolute atomic E-state index is 0.274. The largest absolute Gasteiger partial charge is 0.394 e. The van der Waals surface area contributed by atoms with Crippen LogP contribution in [0.1, 0.15) is 12.5 Å². The summed E-state index contributed by atoms with van der Waals surface area (Å²) in [4.78, 5) is 25.7. The molecular weight excluding hydrogens is 717 g/mol. The van der Waals surface area contributed by atoms with Gasteiger partial charge < -0.3 is 44.5 Å². The first-order chi connectivity index (χ1) is 23.2. The predicted octanol–water partition coefficient (Wildman–Crippen LogP) is 0.934. The third-order valence-corrected chi connectivity index (χ3v) is 9.20. The van der Waals surface area contributed by atoms with Gasteiger partial charge in [-0.2, -0.15) is 0 Å². The Balaban J connectivity index is 1.08. The van der Waals surface area contributed by atoms with E-state index in [9.17, 15) is 24.4 Å². The first kappa shape index (κ1) is 35.1. The molecule has 6 heterocycles. The molecule has 2 aliphatic rings. The van der Waals surface area contributed by atoms with Crippen molar-refractivity contribution in [2.24, 2.45) is 0 Å². The van der Waals surface area contributed by atoms with Gasteiger partial charge in [-0.3, -0.25) is 18.3 Å². The Morgan fingerprint density at radius 1 is 0.812 bits per heavy atom. The molecule has 48 heavy (non-hydrogen) atoms. The maximum absolute atomic E-state index is 15.2. The van der Waals surface area contributed by atoms with E-state index >= 15 is 4.39 Å². The highest BCUT2D eigenvalue weighted by molar-refractivity contribution is 8.39. The molecule has 2 fully saturated rings. The highest BCUT2D eigenvalue weighted by atomic mass is 32.7. The smallest absolute Gasteiger partial charge is 0.243 e. The lowest BCUT2D eigenvalue weighted by Crippen LogP contribution is -2.34. The van der Waals surface area contributed by atoms with Crippen LogP contribution < -0.4 is 10.6 Å². The summed E-state index contributed by atoms with van der Waals surface area (Å²) in [6.07, 6.45) is -0.590. The first-order valence-corrected chi connectivity index (χ1v) is 19.5. The third-order valence-electron chi connectivity index (χ3n) is 7.62. The van der Waals surface area contributed by atoms with Crippen molar-refractivity contribution in [1.82, 2.24) is 39.0 Å². The lowest BCUT2D eigenvalue weighted by molar-refractivity contribution is -0.0481. The number of fused-ring (bicyclic) bond motifs is 2. The van der Waals surface area contributed by atoms with Gasteiger partial charge in [-0.1, -0.05) is 36.6 Å². The molecule has 19 nitrogen and oxygen atoms in total. The Kier molecular flexibility index (Phi) is 11.3. The molecule has 0 aliphatic carbocycles. The van der Waals surface area contributed by atoms with E-state index in [1.54, 1.807) is 0 Å². The van der Waals surface area contributed by atoms with E-state index in [4.69, 9.17) is 18.5 Å². The molecule has 2 aliphatic heterocycles. The standard InChI is InChI=1S/C24H31FN10O9P2S2/c25-13-17(43-45(39)47)12(6-37)42-23(13)34-9-32-14-19(28-7-30-21(14)34)26-3-1-2-4-27-20-15-22(31-8-29-20)35(10-33-15)24-18(44-46(40)48)16(38)11(5-36)41-24/h1-2,7-13,16-18,23-24,36-38,45-46H,3-6H2,(H,39,47)(H,40,48)(H,26,28,30)(H,27,29,31)/b2-1+/t11-,12-,13-,16-,17-,18?,23?,24-/m1/s1. The van der Waals surface area contributed by atoms with Gasteiger partial charge in [0.05, 0.1) is 25.9 Å². The fraction of sp³-hybridized carbons (Fsp3) is 0.500. The lowest BCUT2D eigenvalue weighted by atomic mass is 10.1. The van der Waals surface area contributed by atoms with Crippen LogP contribution in [0.4, 0.5) is 16.0 Å². The molecule has 5 N–H and O–H groups in total. The number of aliphatic hydroxyl groups excluding tert-OH is 3. The Hall–Kier alpha value is -2.75. The van der Waals surface area contributed by atoms with Crippen LogP contribution in [0, 0.1) is 0 Å². The van der Waals surface area contributed by atoms with Gasteiger partial charge in [-0.25, -0.2) is 34.3 Å². The van der Waals surface area contributed by atoms with Crippen molar-refractivity contribution in [2.45, 2.75) is 49.1 Å². The number of ether oxygens (including phenoxy) is 2. The minimum Gasteiger partial charge on any atom is -0.394 e. The Morgan fingerprint density at radius 3 is 1.83 bits per heavy atom. The molecule has 4 unspecified atom stereocenters. The minimum atomic E-state index is -2.79. The molecule has 0 bridgehead atoms. The van der Waals surface area contributed by atoms with Crippen LogP contribution in [0.15, 0.2) is 37.5 Å². The van der Waals surface area contributed by atoms with Crippen molar-refractivity contribution >= 4 is 72.9 Å². The number of aliphatic hydroxyl groups is 3. The van der Waals surface area contributed by atoms with Crippen LogP contribution in [0.3, 0.4) is 0 Å². The number of aromatic nitrogens is 8. The molecule has 0 aromatic carbocycles. The van der Waals surface area contributed by atoms with Crippen LogP contribution >= 0.6 is 39.0 Å². The zero-order valence-corrected chi connectivity index (χ0v) is 28.3. The average molecular weight is 749 g/mol. The molecule has 0 spiro atoms. The van der Waals surface area contributed by atoms with Crippen molar-refractivity contribution < 1.29 is 47.4 Å².